The zero-order valence-electron chi connectivity index (χ0n) is 8.65. The normalized spacial score (nSPS) is 11.8. The van der Waals surface area contributed by atoms with Crippen LogP contribution in [0.15, 0.2) is 0 Å². The maximum atomic E-state index is 11.5. The lowest BCUT2D eigenvalue weighted by Gasteiger charge is -2.05. The lowest BCUT2D eigenvalue weighted by molar-refractivity contribution is -0.118. The van der Waals surface area contributed by atoms with Gasteiger partial charge < -0.3 is 0 Å². The van der Waals surface area contributed by atoms with Gasteiger partial charge in [-0.05, 0) is 13.3 Å². The molecule has 1 rings (SSSR count). The number of nitriles is 1. The van der Waals surface area contributed by atoms with Crippen molar-refractivity contribution in [3.8, 4) is 6.07 Å². The predicted molar refractivity (Wildman–Crippen MR) is 57.3 cm³/mol. The molecule has 1 unspecified atom stereocenters. The summed E-state index contributed by atoms with van der Waals surface area (Å²) < 4.78 is 3.93. The molecule has 15 heavy (non-hydrogen) atoms. The van der Waals surface area contributed by atoms with Crippen LogP contribution in [0.4, 0.5) is 5.13 Å². The van der Waals surface area contributed by atoms with Crippen LogP contribution in [-0.4, -0.2) is 15.3 Å². The number of amides is 1. The van der Waals surface area contributed by atoms with Crippen LogP contribution in [0.1, 0.15) is 25.6 Å². The van der Waals surface area contributed by atoms with Crippen LogP contribution in [0.25, 0.3) is 0 Å². The summed E-state index contributed by atoms with van der Waals surface area (Å²) in [5, 5.41) is 11.8. The first-order valence-corrected chi connectivity index (χ1v) is 5.45. The number of rotatable bonds is 4. The fourth-order valence-electron chi connectivity index (χ4n) is 1.08. The van der Waals surface area contributed by atoms with Gasteiger partial charge in [-0.1, -0.05) is 13.3 Å². The minimum absolute atomic E-state index is 0.296. The topological polar surface area (TPSA) is 78.7 Å². The highest BCUT2D eigenvalue weighted by Gasteiger charge is 2.17. The molecule has 5 nitrogen and oxygen atoms in total. The van der Waals surface area contributed by atoms with E-state index in [0.717, 1.165) is 18.0 Å². The molecule has 0 aliphatic carbocycles. The Hall–Kier alpha value is -1.48. The van der Waals surface area contributed by atoms with Gasteiger partial charge in [0.2, 0.25) is 11.0 Å². The van der Waals surface area contributed by atoms with E-state index in [9.17, 15) is 4.79 Å². The molecule has 1 aromatic heterocycles. The molecule has 80 valence electrons. The van der Waals surface area contributed by atoms with E-state index in [4.69, 9.17) is 5.26 Å². The summed E-state index contributed by atoms with van der Waals surface area (Å²) in [4.78, 5) is 15.5. The number of hydrogen-bond acceptors (Lipinski definition) is 5. The Labute approximate surface area is 92.3 Å². The molecule has 1 N–H and O–H groups in total. The molecule has 0 radical (unpaired) electrons. The number of nitrogens with one attached hydrogen (secondary N) is 1. The SMILES string of the molecule is CCCC(C#N)C(=O)Nc1nc(C)ns1. The fourth-order valence-corrected chi connectivity index (χ4v) is 1.66. The number of aryl methyl sites for hydroxylation is 1. The molecule has 0 fully saturated rings. The van der Waals surface area contributed by atoms with Gasteiger partial charge in [-0.25, -0.2) is 4.98 Å². The second-order valence-electron chi connectivity index (χ2n) is 3.11. The van der Waals surface area contributed by atoms with Crippen molar-refractivity contribution in [3.05, 3.63) is 5.82 Å². The zero-order valence-corrected chi connectivity index (χ0v) is 9.47. The Balaban J connectivity index is 2.58. The van der Waals surface area contributed by atoms with Gasteiger partial charge in [-0.2, -0.15) is 9.64 Å². The van der Waals surface area contributed by atoms with Crippen molar-refractivity contribution in [2.45, 2.75) is 26.7 Å². The molecule has 1 heterocycles. The van der Waals surface area contributed by atoms with E-state index in [1.807, 2.05) is 13.0 Å². The molecule has 0 spiro atoms. The van der Waals surface area contributed by atoms with Crippen LogP contribution in [0, 0.1) is 24.2 Å². The Morgan fingerprint density at radius 1 is 1.73 bits per heavy atom. The lowest BCUT2D eigenvalue weighted by atomic mass is 10.1. The van der Waals surface area contributed by atoms with Gasteiger partial charge in [0.15, 0.2) is 0 Å². The van der Waals surface area contributed by atoms with Crippen LogP contribution in [0.3, 0.4) is 0 Å². The van der Waals surface area contributed by atoms with Crippen molar-refractivity contribution < 1.29 is 4.79 Å². The Kier molecular flexibility index (Phi) is 4.18. The Morgan fingerprint density at radius 2 is 2.47 bits per heavy atom. The molecule has 6 heteroatoms. The van der Waals surface area contributed by atoms with Gasteiger partial charge in [0.1, 0.15) is 11.7 Å². The van der Waals surface area contributed by atoms with Gasteiger partial charge in [-0.3, -0.25) is 10.1 Å². The van der Waals surface area contributed by atoms with Gasteiger partial charge in [0, 0.05) is 11.5 Å². The van der Waals surface area contributed by atoms with Crippen molar-refractivity contribution in [1.29, 1.82) is 5.26 Å². The summed E-state index contributed by atoms with van der Waals surface area (Å²) in [5.74, 6) is -0.269. The number of carbonyl (C=O) groups is 1. The maximum Gasteiger partial charge on any atom is 0.243 e. The first kappa shape index (κ1) is 11.6. The third kappa shape index (κ3) is 3.29. The average molecular weight is 224 g/mol. The molecular weight excluding hydrogens is 212 g/mol. The summed E-state index contributed by atoms with van der Waals surface area (Å²) in [7, 11) is 0. The van der Waals surface area contributed by atoms with E-state index in [1.54, 1.807) is 6.92 Å². The first-order valence-electron chi connectivity index (χ1n) is 4.68. The van der Waals surface area contributed by atoms with Crippen molar-refractivity contribution in [2.24, 2.45) is 5.92 Å². The number of aromatic nitrogens is 2. The monoisotopic (exact) mass is 224 g/mol. The largest absolute Gasteiger partial charge is 0.300 e. The van der Waals surface area contributed by atoms with Gasteiger partial charge in [0.05, 0.1) is 6.07 Å². The van der Waals surface area contributed by atoms with Gasteiger partial charge in [-0.15, -0.1) is 0 Å². The number of anilines is 1. The van der Waals surface area contributed by atoms with Crippen molar-refractivity contribution in [2.75, 3.05) is 5.32 Å². The molecule has 0 bridgehead atoms. The summed E-state index contributed by atoms with van der Waals surface area (Å²) in [6.45, 7) is 3.69. The first-order chi connectivity index (χ1) is 7.17. The van der Waals surface area contributed by atoms with Crippen molar-refractivity contribution in [1.82, 2.24) is 9.36 Å². The predicted octanol–water partition coefficient (Wildman–Crippen LogP) is 1.72. The second kappa shape index (κ2) is 5.41. The maximum absolute atomic E-state index is 11.5. The summed E-state index contributed by atoms with van der Waals surface area (Å²) in [5.41, 5.74) is 0. The van der Waals surface area contributed by atoms with Crippen LogP contribution in [-0.2, 0) is 4.79 Å². The van der Waals surface area contributed by atoms with Crippen molar-refractivity contribution >= 4 is 22.6 Å². The lowest BCUT2D eigenvalue weighted by Crippen LogP contribution is -2.21. The molecule has 0 aliphatic rings. The third-order valence-electron chi connectivity index (χ3n) is 1.81. The van der Waals surface area contributed by atoms with Crippen LogP contribution < -0.4 is 5.32 Å². The molecule has 1 amide bonds. The third-order valence-corrected chi connectivity index (χ3v) is 2.53. The van der Waals surface area contributed by atoms with E-state index in [1.165, 1.54) is 0 Å². The van der Waals surface area contributed by atoms with E-state index >= 15 is 0 Å². The Morgan fingerprint density at radius 3 is 2.93 bits per heavy atom. The number of nitrogens with zero attached hydrogens (tertiary/aromatic N) is 3. The van der Waals surface area contributed by atoms with E-state index in [0.29, 0.717) is 17.4 Å². The van der Waals surface area contributed by atoms with E-state index in [2.05, 4.69) is 14.7 Å². The van der Waals surface area contributed by atoms with Crippen LogP contribution in [0.5, 0.6) is 0 Å². The van der Waals surface area contributed by atoms with Gasteiger partial charge in [0.25, 0.3) is 0 Å². The number of hydrogen-bond donors (Lipinski definition) is 1. The summed E-state index contributed by atoms with van der Waals surface area (Å²) in [6.07, 6.45) is 1.38. The molecule has 1 atom stereocenters. The van der Waals surface area contributed by atoms with Gasteiger partial charge >= 0.3 is 0 Å². The standard InChI is InChI=1S/C9H12N4OS/c1-3-4-7(5-10)8(14)12-9-11-6(2)13-15-9/h7H,3-4H2,1-2H3,(H,11,12,13,14). The highest BCUT2D eigenvalue weighted by Crippen LogP contribution is 2.13. The average Bonchev–Trinajstić information content (AvgIpc) is 2.60. The number of carbonyl (C=O) groups excluding carboxylic acids is 1. The van der Waals surface area contributed by atoms with Crippen LogP contribution >= 0.6 is 11.5 Å². The minimum Gasteiger partial charge on any atom is -0.300 e. The smallest absolute Gasteiger partial charge is 0.243 e. The Bertz CT molecular complexity index is 382. The summed E-state index contributed by atoms with van der Waals surface area (Å²) in [6, 6.07) is 1.97. The van der Waals surface area contributed by atoms with Crippen molar-refractivity contribution in [3.63, 3.8) is 0 Å². The van der Waals surface area contributed by atoms with E-state index in [-0.39, 0.29) is 5.91 Å². The highest BCUT2D eigenvalue weighted by molar-refractivity contribution is 7.09. The zero-order chi connectivity index (χ0) is 11.3. The molecule has 0 saturated heterocycles. The molecule has 0 aromatic carbocycles. The molecule has 0 aliphatic heterocycles. The minimum atomic E-state index is -0.598. The highest BCUT2D eigenvalue weighted by atomic mass is 32.1. The molecule has 0 saturated carbocycles. The van der Waals surface area contributed by atoms with E-state index < -0.39 is 5.92 Å². The quantitative estimate of drug-likeness (QED) is 0.844. The fraction of sp³-hybridized carbons (Fsp3) is 0.556. The summed E-state index contributed by atoms with van der Waals surface area (Å²) >= 11 is 1.12. The van der Waals surface area contributed by atoms with Crippen LogP contribution in [0.2, 0.25) is 0 Å². The molecular formula is C9H12N4OS. The second-order valence-corrected chi connectivity index (χ2v) is 3.86. The molecule has 1 aromatic rings.